The predicted molar refractivity (Wildman–Crippen MR) is 112 cm³/mol. The van der Waals surface area contributed by atoms with Crippen LogP contribution in [0, 0.1) is 5.82 Å². The Balaban J connectivity index is 2.02. The van der Waals surface area contributed by atoms with E-state index >= 15 is 0 Å². The number of rotatable bonds is 8. The maximum Gasteiger partial charge on any atom is 0.192 e. The molecular formula is C21H30FN3OSi. The summed E-state index contributed by atoms with van der Waals surface area (Å²) in [5.41, 5.74) is 5.97. The third kappa shape index (κ3) is 6.56. The van der Waals surface area contributed by atoms with Crippen molar-refractivity contribution < 1.29 is 8.82 Å². The van der Waals surface area contributed by atoms with E-state index in [-0.39, 0.29) is 10.9 Å². The van der Waals surface area contributed by atoms with Gasteiger partial charge in [-0.3, -0.25) is 4.98 Å². The van der Waals surface area contributed by atoms with E-state index in [9.17, 15) is 4.39 Å². The standard InChI is InChI=1S/C21H30FN3OSi/c1-21(2,3)27(4,5)26-15-14-24-25-20(16-17-10-12-23-13-11-17)18-6-8-19(22)9-7-18/h6-13,24H,14-16H2,1-5H3/b25-20-. The smallest absolute Gasteiger partial charge is 0.192 e. The Morgan fingerprint density at radius 1 is 1.11 bits per heavy atom. The van der Waals surface area contributed by atoms with E-state index in [4.69, 9.17) is 4.43 Å². The molecule has 1 heterocycles. The molecule has 27 heavy (non-hydrogen) atoms. The lowest BCUT2D eigenvalue weighted by molar-refractivity contribution is 0.287. The number of nitrogens with one attached hydrogen (secondary N) is 1. The lowest BCUT2D eigenvalue weighted by Crippen LogP contribution is -2.42. The minimum Gasteiger partial charge on any atom is -0.415 e. The van der Waals surface area contributed by atoms with Gasteiger partial charge in [-0.2, -0.15) is 5.10 Å². The molecule has 4 nitrogen and oxygen atoms in total. The first kappa shape index (κ1) is 21.2. The van der Waals surface area contributed by atoms with Gasteiger partial charge in [0.05, 0.1) is 18.9 Å². The highest BCUT2D eigenvalue weighted by molar-refractivity contribution is 6.74. The minimum atomic E-state index is -1.75. The summed E-state index contributed by atoms with van der Waals surface area (Å²) in [6.07, 6.45) is 4.17. The summed E-state index contributed by atoms with van der Waals surface area (Å²) in [4.78, 5) is 4.05. The first-order valence-electron chi connectivity index (χ1n) is 9.27. The van der Waals surface area contributed by atoms with Crippen LogP contribution >= 0.6 is 0 Å². The Morgan fingerprint density at radius 3 is 2.33 bits per heavy atom. The van der Waals surface area contributed by atoms with Gasteiger partial charge in [0.15, 0.2) is 8.32 Å². The van der Waals surface area contributed by atoms with Crippen molar-refractivity contribution in [2.45, 2.75) is 45.3 Å². The van der Waals surface area contributed by atoms with Gasteiger partial charge in [0.25, 0.3) is 0 Å². The van der Waals surface area contributed by atoms with Crippen LogP contribution in [0.5, 0.6) is 0 Å². The van der Waals surface area contributed by atoms with E-state index < -0.39 is 8.32 Å². The number of hydrazone groups is 1. The topological polar surface area (TPSA) is 46.5 Å². The summed E-state index contributed by atoms with van der Waals surface area (Å²) >= 11 is 0. The van der Waals surface area contributed by atoms with Crippen molar-refractivity contribution in [3.8, 4) is 0 Å². The molecule has 146 valence electrons. The number of hydrogen-bond donors (Lipinski definition) is 1. The SMILES string of the molecule is CC(C)(C)[Si](C)(C)OCCN/N=C(/Cc1ccncc1)c1ccc(F)cc1. The van der Waals surface area contributed by atoms with Crippen LogP contribution < -0.4 is 5.43 Å². The molecule has 0 radical (unpaired) electrons. The van der Waals surface area contributed by atoms with Gasteiger partial charge in [-0.25, -0.2) is 4.39 Å². The summed E-state index contributed by atoms with van der Waals surface area (Å²) in [6.45, 7) is 12.4. The van der Waals surface area contributed by atoms with E-state index in [1.165, 1.54) is 12.1 Å². The second kappa shape index (κ2) is 9.24. The first-order chi connectivity index (χ1) is 12.7. The highest BCUT2D eigenvalue weighted by Crippen LogP contribution is 2.36. The molecule has 2 rings (SSSR count). The Morgan fingerprint density at radius 2 is 1.74 bits per heavy atom. The van der Waals surface area contributed by atoms with Crippen LogP contribution in [0.25, 0.3) is 0 Å². The molecule has 0 amide bonds. The molecule has 0 saturated heterocycles. The van der Waals surface area contributed by atoms with Crippen LogP contribution in [0.3, 0.4) is 0 Å². The number of aromatic nitrogens is 1. The van der Waals surface area contributed by atoms with Gasteiger partial charge in [-0.15, -0.1) is 0 Å². The van der Waals surface area contributed by atoms with Gasteiger partial charge in [-0.05, 0) is 53.5 Å². The van der Waals surface area contributed by atoms with Crippen molar-refractivity contribution in [2.75, 3.05) is 13.2 Å². The van der Waals surface area contributed by atoms with Crippen molar-refractivity contribution in [1.29, 1.82) is 0 Å². The van der Waals surface area contributed by atoms with Crippen LogP contribution in [-0.2, 0) is 10.8 Å². The van der Waals surface area contributed by atoms with Crippen molar-refractivity contribution in [3.05, 3.63) is 65.7 Å². The molecule has 2 aromatic rings. The molecule has 6 heteroatoms. The summed E-state index contributed by atoms with van der Waals surface area (Å²) in [7, 11) is -1.75. The highest BCUT2D eigenvalue weighted by atomic mass is 28.4. The van der Waals surface area contributed by atoms with Crippen LogP contribution in [-0.4, -0.2) is 32.2 Å². The fourth-order valence-corrected chi connectivity index (χ4v) is 3.31. The number of benzene rings is 1. The normalized spacial score (nSPS) is 12.9. The molecule has 0 spiro atoms. The lowest BCUT2D eigenvalue weighted by atomic mass is 10.0. The Labute approximate surface area is 163 Å². The third-order valence-electron chi connectivity index (χ3n) is 5.00. The third-order valence-corrected chi connectivity index (χ3v) is 9.53. The molecule has 0 saturated carbocycles. The molecule has 0 aliphatic carbocycles. The van der Waals surface area contributed by atoms with Crippen LogP contribution in [0.15, 0.2) is 53.9 Å². The Bertz CT molecular complexity index is 740. The van der Waals surface area contributed by atoms with Crippen molar-refractivity contribution >= 4 is 14.0 Å². The first-order valence-corrected chi connectivity index (χ1v) is 12.2. The van der Waals surface area contributed by atoms with Gasteiger partial charge in [0, 0.05) is 18.8 Å². The molecule has 1 N–H and O–H groups in total. The zero-order chi connectivity index (χ0) is 19.9. The Hall–Kier alpha value is -2.05. The van der Waals surface area contributed by atoms with Crippen molar-refractivity contribution in [3.63, 3.8) is 0 Å². The Kier molecular flexibility index (Phi) is 7.27. The zero-order valence-electron chi connectivity index (χ0n) is 16.9. The molecule has 1 aromatic carbocycles. The summed E-state index contributed by atoms with van der Waals surface area (Å²) in [6, 6.07) is 10.3. The minimum absolute atomic E-state index is 0.191. The molecule has 1 aromatic heterocycles. The monoisotopic (exact) mass is 387 g/mol. The van der Waals surface area contributed by atoms with Crippen LogP contribution in [0.4, 0.5) is 4.39 Å². The fraction of sp³-hybridized carbons (Fsp3) is 0.429. The van der Waals surface area contributed by atoms with Gasteiger partial charge < -0.3 is 9.85 Å². The van der Waals surface area contributed by atoms with E-state index in [1.807, 2.05) is 12.1 Å². The average Bonchev–Trinajstić information content (AvgIpc) is 2.61. The maximum atomic E-state index is 13.3. The second-order valence-electron chi connectivity index (χ2n) is 8.11. The van der Waals surface area contributed by atoms with Crippen molar-refractivity contribution in [1.82, 2.24) is 10.4 Å². The molecule has 0 aliphatic rings. The fourth-order valence-electron chi connectivity index (χ4n) is 2.26. The predicted octanol–water partition coefficient (Wildman–Crippen LogP) is 4.78. The average molecular weight is 388 g/mol. The van der Waals surface area contributed by atoms with Crippen LogP contribution in [0.1, 0.15) is 31.9 Å². The number of halogens is 1. The number of pyridine rings is 1. The maximum absolute atomic E-state index is 13.3. The van der Waals surface area contributed by atoms with E-state index in [0.717, 1.165) is 16.8 Å². The van der Waals surface area contributed by atoms with Gasteiger partial charge >= 0.3 is 0 Å². The number of nitrogens with zero attached hydrogens (tertiary/aromatic N) is 2. The lowest BCUT2D eigenvalue weighted by Gasteiger charge is -2.36. The van der Waals surface area contributed by atoms with Crippen molar-refractivity contribution in [2.24, 2.45) is 5.10 Å². The largest absolute Gasteiger partial charge is 0.415 e. The van der Waals surface area contributed by atoms with Gasteiger partial charge in [0.1, 0.15) is 5.82 Å². The highest BCUT2D eigenvalue weighted by Gasteiger charge is 2.36. The quantitative estimate of drug-likeness (QED) is 0.307. The molecular weight excluding hydrogens is 357 g/mol. The summed E-state index contributed by atoms with van der Waals surface area (Å²) < 4.78 is 19.4. The van der Waals surface area contributed by atoms with E-state index in [0.29, 0.717) is 19.6 Å². The molecule has 0 atom stereocenters. The molecule has 0 bridgehead atoms. The second-order valence-corrected chi connectivity index (χ2v) is 12.9. The van der Waals surface area contributed by atoms with Gasteiger partial charge in [-0.1, -0.05) is 32.9 Å². The zero-order valence-corrected chi connectivity index (χ0v) is 17.9. The summed E-state index contributed by atoms with van der Waals surface area (Å²) in [5.74, 6) is -0.252. The summed E-state index contributed by atoms with van der Waals surface area (Å²) in [5, 5.41) is 4.75. The van der Waals surface area contributed by atoms with E-state index in [1.54, 1.807) is 24.5 Å². The molecule has 0 unspecified atom stereocenters. The molecule has 0 fully saturated rings. The molecule has 0 aliphatic heterocycles. The van der Waals surface area contributed by atoms with Gasteiger partial charge in [0.2, 0.25) is 0 Å². The van der Waals surface area contributed by atoms with E-state index in [2.05, 4.69) is 49.4 Å². The van der Waals surface area contributed by atoms with Crippen LogP contribution in [0.2, 0.25) is 18.1 Å². The number of hydrogen-bond acceptors (Lipinski definition) is 4.